The highest BCUT2D eigenvalue weighted by molar-refractivity contribution is 6.13. The van der Waals surface area contributed by atoms with Crippen LogP contribution in [-0.4, -0.2) is 44.0 Å². The number of rotatable bonds is 1. The lowest BCUT2D eigenvalue weighted by atomic mass is 10.3. The lowest BCUT2D eigenvalue weighted by molar-refractivity contribution is 0.122. The Morgan fingerprint density at radius 2 is 1.60 bits per heavy atom. The van der Waals surface area contributed by atoms with E-state index in [1.807, 2.05) is 6.07 Å². The fourth-order valence-electron chi connectivity index (χ4n) is 1.46. The first-order valence-electron chi connectivity index (χ1n) is 4.86. The minimum absolute atomic E-state index is 0. The maximum absolute atomic E-state index is 7.00. The molecule has 1 aliphatic heterocycles. The molecule has 0 bridgehead atoms. The van der Waals surface area contributed by atoms with Gasteiger partial charge in [0.15, 0.2) is 0 Å². The van der Waals surface area contributed by atoms with Gasteiger partial charge in [-0.25, -0.2) is 0 Å². The van der Waals surface area contributed by atoms with Gasteiger partial charge in [-0.1, -0.05) is 18.2 Å². The van der Waals surface area contributed by atoms with Crippen molar-refractivity contribution >= 4 is 13.4 Å². The van der Waals surface area contributed by atoms with Gasteiger partial charge in [0, 0.05) is 18.8 Å². The summed E-state index contributed by atoms with van der Waals surface area (Å²) >= 11 is 0. The number of ether oxygens (including phenoxy) is 1. The third-order valence-corrected chi connectivity index (χ3v) is 2.13. The fourth-order valence-corrected chi connectivity index (χ4v) is 1.46. The van der Waals surface area contributed by atoms with Crippen molar-refractivity contribution < 1.29 is 14.8 Å². The molecule has 1 aromatic carbocycles. The van der Waals surface area contributed by atoms with Crippen LogP contribution in [0, 0.1) is 0 Å². The monoisotopic (exact) mass is 208 g/mol. The van der Waals surface area contributed by atoms with E-state index < -0.39 is 0 Å². The third kappa shape index (κ3) is 4.33. The summed E-state index contributed by atoms with van der Waals surface area (Å²) in [5.41, 5.74) is 1.31. The first kappa shape index (κ1) is 12.0. The summed E-state index contributed by atoms with van der Waals surface area (Å²) in [6, 6.07) is 10.5. The van der Waals surface area contributed by atoms with Gasteiger partial charge in [-0.3, -0.25) is 0 Å². The molecule has 1 radical (unpaired) electrons. The van der Waals surface area contributed by atoms with E-state index in [-0.39, 0.29) is 7.69 Å². The molecule has 4 nitrogen and oxygen atoms in total. The van der Waals surface area contributed by atoms with Crippen molar-refractivity contribution in [3.63, 3.8) is 0 Å². The zero-order valence-electron chi connectivity index (χ0n) is 8.54. The van der Waals surface area contributed by atoms with Crippen LogP contribution in [-0.2, 0) is 4.74 Å². The van der Waals surface area contributed by atoms with Gasteiger partial charge < -0.3 is 19.7 Å². The topological polar surface area (TPSA) is 52.9 Å². The van der Waals surface area contributed by atoms with Crippen LogP contribution >= 0.6 is 0 Å². The Balaban J connectivity index is 0.000000337. The van der Waals surface area contributed by atoms with Crippen LogP contribution in [0.25, 0.3) is 0 Å². The summed E-state index contributed by atoms with van der Waals surface area (Å²) in [7, 11) is 0. The fraction of sp³-hybridized carbons (Fsp3) is 0.400. The summed E-state index contributed by atoms with van der Waals surface area (Å²) in [6.45, 7) is 3.75. The summed E-state index contributed by atoms with van der Waals surface area (Å²) in [4.78, 5) is 2.35. The predicted molar refractivity (Wildman–Crippen MR) is 59.7 cm³/mol. The van der Waals surface area contributed by atoms with E-state index in [1.165, 1.54) is 5.69 Å². The van der Waals surface area contributed by atoms with E-state index in [0.717, 1.165) is 26.3 Å². The molecule has 0 aliphatic carbocycles. The summed E-state index contributed by atoms with van der Waals surface area (Å²) in [5.74, 6) is 0. The molecular formula is C10H15BNO3. The van der Waals surface area contributed by atoms with Crippen molar-refractivity contribution in [2.75, 3.05) is 31.2 Å². The second kappa shape index (κ2) is 7.28. The quantitative estimate of drug-likeness (QED) is 0.639. The Labute approximate surface area is 90.4 Å². The van der Waals surface area contributed by atoms with Gasteiger partial charge in [0.05, 0.1) is 13.2 Å². The molecule has 81 valence electrons. The van der Waals surface area contributed by atoms with Crippen LogP contribution in [0.5, 0.6) is 0 Å². The summed E-state index contributed by atoms with van der Waals surface area (Å²) in [5, 5.41) is 14.0. The lowest BCUT2D eigenvalue weighted by Gasteiger charge is -2.28. The third-order valence-electron chi connectivity index (χ3n) is 2.13. The Morgan fingerprint density at radius 3 is 2.13 bits per heavy atom. The lowest BCUT2D eigenvalue weighted by Crippen LogP contribution is -2.36. The van der Waals surface area contributed by atoms with Gasteiger partial charge in [0.25, 0.3) is 0 Å². The maximum atomic E-state index is 7.00. The number of hydrogen-bond donors (Lipinski definition) is 2. The number of anilines is 1. The second-order valence-electron chi connectivity index (χ2n) is 3.05. The van der Waals surface area contributed by atoms with E-state index in [1.54, 1.807) is 0 Å². The normalized spacial score (nSPS) is 15.2. The molecule has 2 N–H and O–H groups in total. The minimum Gasteiger partial charge on any atom is -0.429 e. The van der Waals surface area contributed by atoms with Crippen LogP contribution in [0.15, 0.2) is 30.3 Å². The molecule has 0 unspecified atom stereocenters. The number of benzene rings is 1. The predicted octanol–water partition coefficient (Wildman–Crippen LogP) is 0.0284. The smallest absolute Gasteiger partial charge is 0.429 e. The van der Waals surface area contributed by atoms with Gasteiger partial charge in [-0.2, -0.15) is 0 Å². The molecule has 1 fully saturated rings. The molecule has 1 aromatic rings. The zero-order valence-corrected chi connectivity index (χ0v) is 8.54. The molecule has 0 amide bonds. The number of hydrogen-bond acceptors (Lipinski definition) is 4. The Kier molecular flexibility index (Phi) is 5.84. The highest BCUT2D eigenvalue weighted by Gasteiger charge is 2.09. The molecule has 0 spiro atoms. The van der Waals surface area contributed by atoms with Crippen LogP contribution in [0.1, 0.15) is 0 Å². The molecule has 1 saturated heterocycles. The first-order valence-corrected chi connectivity index (χ1v) is 4.86. The second-order valence-corrected chi connectivity index (χ2v) is 3.05. The van der Waals surface area contributed by atoms with Crippen molar-refractivity contribution in [1.29, 1.82) is 0 Å². The molecule has 2 rings (SSSR count). The van der Waals surface area contributed by atoms with E-state index >= 15 is 0 Å². The van der Waals surface area contributed by atoms with Crippen molar-refractivity contribution in [2.24, 2.45) is 0 Å². The largest absolute Gasteiger partial charge is 0.482 e. The molecular weight excluding hydrogens is 193 g/mol. The van der Waals surface area contributed by atoms with E-state index in [0.29, 0.717) is 0 Å². The van der Waals surface area contributed by atoms with Gasteiger partial charge in [-0.05, 0) is 12.1 Å². The Morgan fingerprint density at radius 1 is 1.07 bits per heavy atom. The number of nitrogens with zero attached hydrogens (tertiary/aromatic N) is 1. The Bertz CT molecular complexity index is 252. The molecule has 1 heterocycles. The van der Waals surface area contributed by atoms with Crippen molar-refractivity contribution in [3.05, 3.63) is 30.3 Å². The number of morpholine rings is 1. The van der Waals surface area contributed by atoms with Crippen molar-refractivity contribution in [3.8, 4) is 0 Å². The standard InChI is InChI=1S/C10H13NO.BH2O2/c1-2-4-10(5-3-1)11-6-8-12-9-7-11;2-1-3/h1-5H,6-9H2;2-3H. The van der Waals surface area contributed by atoms with Crippen molar-refractivity contribution in [2.45, 2.75) is 0 Å². The van der Waals surface area contributed by atoms with Crippen LogP contribution in [0.4, 0.5) is 5.69 Å². The van der Waals surface area contributed by atoms with Crippen LogP contribution < -0.4 is 4.90 Å². The van der Waals surface area contributed by atoms with Gasteiger partial charge >= 0.3 is 7.69 Å². The van der Waals surface area contributed by atoms with E-state index in [9.17, 15) is 0 Å². The van der Waals surface area contributed by atoms with E-state index in [4.69, 9.17) is 14.8 Å². The maximum Gasteiger partial charge on any atom is 0.482 e. The average Bonchev–Trinajstić information content (AvgIpc) is 2.32. The van der Waals surface area contributed by atoms with Gasteiger partial charge in [0.1, 0.15) is 0 Å². The molecule has 0 aromatic heterocycles. The number of para-hydroxylation sites is 1. The Hall–Kier alpha value is -1.04. The molecule has 15 heavy (non-hydrogen) atoms. The molecule has 1 aliphatic rings. The SMILES string of the molecule is O[B]O.c1ccc(N2CCOCC2)cc1. The zero-order chi connectivity index (χ0) is 10.9. The highest BCUT2D eigenvalue weighted by Crippen LogP contribution is 2.13. The van der Waals surface area contributed by atoms with Gasteiger partial charge in [-0.15, -0.1) is 0 Å². The van der Waals surface area contributed by atoms with Crippen LogP contribution in [0.2, 0.25) is 0 Å². The summed E-state index contributed by atoms with van der Waals surface area (Å²) < 4.78 is 5.28. The van der Waals surface area contributed by atoms with E-state index in [2.05, 4.69) is 29.2 Å². The molecule has 0 saturated carbocycles. The van der Waals surface area contributed by atoms with Gasteiger partial charge in [0.2, 0.25) is 0 Å². The molecule has 0 atom stereocenters. The van der Waals surface area contributed by atoms with Crippen LogP contribution in [0.3, 0.4) is 0 Å². The first-order chi connectivity index (χ1) is 7.38. The average molecular weight is 208 g/mol. The highest BCUT2D eigenvalue weighted by atomic mass is 16.5. The minimum atomic E-state index is 0. The van der Waals surface area contributed by atoms with Crippen molar-refractivity contribution in [1.82, 2.24) is 0 Å². The molecule has 5 heteroatoms. The summed E-state index contributed by atoms with van der Waals surface area (Å²) in [6.07, 6.45) is 0.